The summed E-state index contributed by atoms with van der Waals surface area (Å²) < 4.78 is 17.5. The minimum atomic E-state index is -1.12. The number of phenolic OH excluding ortho intramolecular Hbond substituents is 1. The summed E-state index contributed by atoms with van der Waals surface area (Å²) in [6.45, 7) is 5.67. The normalized spacial score (nSPS) is 26.6. The summed E-state index contributed by atoms with van der Waals surface area (Å²) in [7, 11) is 0. The Kier molecular flexibility index (Phi) is 11.4. The van der Waals surface area contributed by atoms with Crippen LogP contribution in [0.3, 0.4) is 0 Å². The maximum absolute atomic E-state index is 13.3. The molecule has 0 saturated carbocycles. The zero-order chi connectivity index (χ0) is 31.8. The molecule has 0 spiro atoms. The van der Waals surface area contributed by atoms with Gasteiger partial charge in [0.1, 0.15) is 24.0 Å². The number of nitrogens with one attached hydrogen (secondary N) is 2. The molecule has 6 atom stereocenters. The third-order valence-electron chi connectivity index (χ3n) is 7.60. The molecule has 11 heteroatoms. The van der Waals surface area contributed by atoms with Crippen LogP contribution < -0.4 is 10.6 Å². The molecule has 2 heterocycles. The number of esters is 2. The predicted octanol–water partition coefficient (Wildman–Crippen LogP) is 4.19. The first-order valence-corrected chi connectivity index (χ1v) is 15.2. The highest BCUT2D eigenvalue weighted by atomic mass is 35.5. The van der Waals surface area contributed by atoms with Crippen molar-refractivity contribution >= 4 is 35.4 Å². The van der Waals surface area contributed by atoms with Crippen LogP contribution in [0.15, 0.2) is 60.7 Å². The lowest BCUT2D eigenvalue weighted by Gasteiger charge is -2.26. The van der Waals surface area contributed by atoms with Crippen molar-refractivity contribution in [3.05, 3.63) is 76.8 Å². The van der Waals surface area contributed by atoms with Crippen molar-refractivity contribution < 1.29 is 38.5 Å². The van der Waals surface area contributed by atoms with Crippen LogP contribution in [0.2, 0.25) is 5.02 Å². The van der Waals surface area contributed by atoms with Crippen LogP contribution in [0.25, 0.3) is 0 Å². The van der Waals surface area contributed by atoms with Crippen molar-refractivity contribution in [3.8, 4) is 5.75 Å². The molecule has 2 aromatic carbocycles. The molecule has 2 aliphatic rings. The smallest absolute Gasteiger partial charge is 0.347 e. The van der Waals surface area contributed by atoms with Crippen LogP contribution >= 0.6 is 11.6 Å². The van der Waals surface area contributed by atoms with E-state index in [1.165, 1.54) is 18.2 Å². The number of aromatic hydroxyl groups is 1. The summed E-state index contributed by atoms with van der Waals surface area (Å²) in [4.78, 5) is 52.1. The molecule has 0 unspecified atom stereocenters. The van der Waals surface area contributed by atoms with E-state index in [0.717, 1.165) is 5.56 Å². The van der Waals surface area contributed by atoms with Gasteiger partial charge in [0.05, 0.1) is 17.5 Å². The highest BCUT2D eigenvalue weighted by Gasteiger charge is 2.47. The second-order valence-corrected chi connectivity index (χ2v) is 12.0. The molecule has 3 N–H and O–H groups in total. The second kappa shape index (κ2) is 15.2. The largest absolute Gasteiger partial charge is 0.506 e. The summed E-state index contributed by atoms with van der Waals surface area (Å²) in [6.07, 6.45) is 1.10. The van der Waals surface area contributed by atoms with Gasteiger partial charge in [0, 0.05) is 25.3 Å². The monoisotopic (exact) mass is 626 g/mol. The number of halogens is 1. The average molecular weight is 627 g/mol. The van der Waals surface area contributed by atoms with E-state index >= 15 is 0 Å². The average Bonchev–Trinajstić information content (AvgIpc) is 3.78. The lowest BCUT2D eigenvalue weighted by molar-refractivity contribution is -0.174. The fourth-order valence-electron chi connectivity index (χ4n) is 5.14. The molecule has 0 bridgehead atoms. The van der Waals surface area contributed by atoms with Gasteiger partial charge >= 0.3 is 11.9 Å². The quantitative estimate of drug-likeness (QED) is 0.307. The van der Waals surface area contributed by atoms with Gasteiger partial charge in [-0.3, -0.25) is 14.4 Å². The Hall–Kier alpha value is -3.89. The Morgan fingerprint density at radius 1 is 1.02 bits per heavy atom. The maximum atomic E-state index is 13.3. The molecule has 10 nitrogen and oxygen atoms in total. The van der Waals surface area contributed by atoms with Gasteiger partial charge in [-0.25, -0.2) is 4.79 Å². The molecule has 2 amide bonds. The summed E-state index contributed by atoms with van der Waals surface area (Å²) in [5.41, 5.74) is 1.63. The summed E-state index contributed by atoms with van der Waals surface area (Å²) >= 11 is 6.04. The minimum absolute atomic E-state index is 0.0356. The number of carbonyl (C=O) groups excluding carboxylic acids is 4. The Bertz CT molecular complexity index is 1360. The Balaban J connectivity index is 1.55. The van der Waals surface area contributed by atoms with E-state index in [1.807, 2.05) is 51.1 Å². The van der Waals surface area contributed by atoms with Crippen LogP contribution in [0.1, 0.15) is 57.3 Å². The highest BCUT2D eigenvalue weighted by Crippen LogP contribution is 2.45. The van der Waals surface area contributed by atoms with E-state index in [1.54, 1.807) is 12.1 Å². The van der Waals surface area contributed by atoms with Gasteiger partial charge in [0.2, 0.25) is 11.8 Å². The molecule has 2 aliphatic heterocycles. The van der Waals surface area contributed by atoms with Crippen LogP contribution in [0, 0.1) is 11.8 Å². The number of epoxide rings is 1. The molecule has 4 rings (SSSR count). The molecular formula is C33H39ClN2O8. The molecule has 2 aromatic rings. The maximum Gasteiger partial charge on any atom is 0.347 e. The highest BCUT2D eigenvalue weighted by molar-refractivity contribution is 6.32. The number of carbonyl (C=O) groups is 4. The van der Waals surface area contributed by atoms with Gasteiger partial charge in [0.15, 0.2) is 6.10 Å². The zero-order valence-electron chi connectivity index (χ0n) is 25.0. The van der Waals surface area contributed by atoms with Crippen LogP contribution in [0.5, 0.6) is 5.75 Å². The molecular weight excluding hydrogens is 588 g/mol. The number of hydrogen-bond donors (Lipinski definition) is 3. The van der Waals surface area contributed by atoms with Crippen LogP contribution in [0.4, 0.5) is 0 Å². The van der Waals surface area contributed by atoms with E-state index in [4.69, 9.17) is 25.8 Å². The molecule has 0 aromatic heterocycles. The van der Waals surface area contributed by atoms with Gasteiger partial charge in [-0.1, -0.05) is 74.8 Å². The van der Waals surface area contributed by atoms with Crippen molar-refractivity contribution in [2.75, 3.05) is 6.54 Å². The predicted molar refractivity (Wildman–Crippen MR) is 163 cm³/mol. The summed E-state index contributed by atoms with van der Waals surface area (Å²) in [5, 5.41) is 15.2. The number of cyclic esters (lactones) is 2. The first-order chi connectivity index (χ1) is 21.0. The molecule has 0 aliphatic carbocycles. The van der Waals surface area contributed by atoms with E-state index in [0.29, 0.717) is 5.56 Å². The fraction of sp³-hybridized carbons (Fsp3) is 0.455. The van der Waals surface area contributed by atoms with Crippen molar-refractivity contribution in [1.82, 2.24) is 10.6 Å². The number of benzene rings is 2. The molecule has 1 fully saturated rings. The fourth-order valence-corrected chi connectivity index (χ4v) is 5.34. The van der Waals surface area contributed by atoms with Gasteiger partial charge in [0.25, 0.3) is 0 Å². The topological polar surface area (TPSA) is 144 Å². The number of amides is 2. The third kappa shape index (κ3) is 9.30. The van der Waals surface area contributed by atoms with Gasteiger partial charge < -0.3 is 30.0 Å². The number of rotatable bonds is 7. The summed E-state index contributed by atoms with van der Waals surface area (Å²) in [5.74, 6) is -2.68. The third-order valence-corrected chi connectivity index (χ3v) is 7.90. The van der Waals surface area contributed by atoms with Gasteiger partial charge in [-0.15, -0.1) is 0 Å². The molecule has 44 heavy (non-hydrogen) atoms. The van der Waals surface area contributed by atoms with Crippen molar-refractivity contribution in [2.45, 2.75) is 76.9 Å². The standard InChI is InChI=1S/C33H39ClN2O8/c1-19(2)16-27-33(41)43-26(20(3)30-31(44-30)22-8-5-4-6-9-22)10-7-11-28(38)36-24(32(40)35-15-14-29(39)42-27)18-21-12-13-25(37)23(34)17-21/h4-9,11-13,17,19-20,24,26-27,30-31,37H,10,14-16,18H2,1-3H3,(H,35,40)(H,36,38)/b11-7+/t20-,24+,26-,27-,30+,31+/m0/s1. The lowest BCUT2D eigenvalue weighted by atomic mass is 9.93. The Labute approximate surface area is 262 Å². The minimum Gasteiger partial charge on any atom is -0.506 e. The van der Waals surface area contributed by atoms with E-state index in [-0.39, 0.29) is 67.0 Å². The molecule has 236 valence electrons. The Morgan fingerprint density at radius 3 is 2.48 bits per heavy atom. The SMILES string of the molecule is CC(C)C[C@@H]1OC(=O)CCNC(=O)[C@@H](Cc2ccc(O)c(Cl)c2)NC(=O)/C=C/C[C@@H]([C@H](C)[C@H]2O[C@@H]2c2ccccc2)OC1=O. The Morgan fingerprint density at radius 2 is 1.77 bits per heavy atom. The second-order valence-electron chi connectivity index (χ2n) is 11.6. The number of hydrogen-bond acceptors (Lipinski definition) is 8. The number of ether oxygens (including phenoxy) is 3. The first-order valence-electron chi connectivity index (χ1n) is 14.8. The van der Waals surface area contributed by atoms with E-state index in [2.05, 4.69) is 10.6 Å². The van der Waals surface area contributed by atoms with Crippen LogP contribution in [-0.2, 0) is 39.8 Å². The van der Waals surface area contributed by atoms with E-state index < -0.39 is 42.0 Å². The lowest BCUT2D eigenvalue weighted by Crippen LogP contribution is -2.48. The first kappa shape index (κ1) is 33.0. The van der Waals surface area contributed by atoms with Crippen molar-refractivity contribution in [1.29, 1.82) is 0 Å². The molecule has 0 radical (unpaired) electrons. The van der Waals surface area contributed by atoms with Crippen molar-refractivity contribution in [2.24, 2.45) is 11.8 Å². The van der Waals surface area contributed by atoms with Crippen molar-refractivity contribution in [3.63, 3.8) is 0 Å². The zero-order valence-corrected chi connectivity index (χ0v) is 25.8. The van der Waals surface area contributed by atoms with Crippen LogP contribution in [-0.4, -0.2) is 59.8 Å². The van der Waals surface area contributed by atoms with E-state index in [9.17, 15) is 24.3 Å². The summed E-state index contributed by atoms with van der Waals surface area (Å²) in [6, 6.07) is 13.3. The number of phenols is 1. The van der Waals surface area contributed by atoms with Gasteiger partial charge in [-0.2, -0.15) is 0 Å². The van der Waals surface area contributed by atoms with Gasteiger partial charge in [-0.05, 0) is 41.7 Å². The molecule has 1 saturated heterocycles.